The summed E-state index contributed by atoms with van der Waals surface area (Å²) >= 11 is 1.48. The van der Waals surface area contributed by atoms with Gasteiger partial charge < -0.3 is 10.1 Å². The fourth-order valence-corrected chi connectivity index (χ4v) is 3.27. The first kappa shape index (κ1) is 18.1. The van der Waals surface area contributed by atoms with Crippen LogP contribution < -0.4 is 10.9 Å². The van der Waals surface area contributed by atoms with Gasteiger partial charge in [-0.15, -0.1) is 11.3 Å². The maximum absolute atomic E-state index is 12.5. The number of hydrogen-bond acceptors (Lipinski definition) is 6. The van der Waals surface area contributed by atoms with Gasteiger partial charge in [-0.3, -0.25) is 19.0 Å². The van der Waals surface area contributed by atoms with Crippen molar-refractivity contribution in [3.05, 3.63) is 27.1 Å². The minimum atomic E-state index is -0.285. The average Bonchev–Trinajstić information content (AvgIpc) is 2.82. The van der Waals surface area contributed by atoms with Crippen LogP contribution in [-0.2, 0) is 20.9 Å². The van der Waals surface area contributed by atoms with Crippen molar-refractivity contribution >= 4 is 33.4 Å². The number of nitrogens with one attached hydrogen (secondary N) is 1. The summed E-state index contributed by atoms with van der Waals surface area (Å²) in [5, 5.41) is 3.27. The van der Waals surface area contributed by atoms with Crippen molar-refractivity contribution in [3.8, 4) is 0 Å². The highest BCUT2D eigenvalue weighted by Crippen LogP contribution is 2.25. The number of esters is 1. The summed E-state index contributed by atoms with van der Waals surface area (Å²) in [6, 6.07) is 0. The molecule has 1 N–H and O–H groups in total. The van der Waals surface area contributed by atoms with Crippen LogP contribution in [0.3, 0.4) is 0 Å². The Labute approximate surface area is 143 Å². The Kier molecular flexibility index (Phi) is 6.08. The first-order chi connectivity index (χ1) is 11.4. The number of aryl methyl sites for hydroxylation is 2. The van der Waals surface area contributed by atoms with Gasteiger partial charge in [0, 0.05) is 17.8 Å². The van der Waals surface area contributed by atoms with Crippen LogP contribution in [0.25, 0.3) is 10.2 Å². The number of aromatic nitrogens is 2. The highest BCUT2D eigenvalue weighted by atomic mass is 32.1. The zero-order valence-electron chi connectivity index (χ0n) is 14.0. The van der Waals surface area contributed by atoms with E-state index in [1.54, 1.807) is 6.92 Å². The smallest absolute Gasteiger partial charge is 0.305 e. The predicted molar refractivity (Wildman–Crippen MR) is 92.2 cm³/mol. The summed E-state index contributed by atoms with van der Waals surface area (Å²) in [6.45, 7) is 6.21. The topological polar surface area (TPSA) is 90.3 Å². The summed E-state index contributed by atoms with van der Waals surface area (Å²) in [7, 11) is 0. The summed E-state index contributed by atoms with van der Waals surface area (Å²) in [5.41, 5.74) is 0.709. The third kappa shape index (κ3) is 4.19. The van der Waals surface area contributed by atoms with E-state index < -0.39 is 0 Å². The van der Waals surface area contributed by atoms with Crippen LogP contribution in [0.2, 0.25) is 0 Å². The first-order valence-corrected chi connectivity index (χ1v) is 8.63. The summed E-state index contributed by atoms with van der Waals surface area (Å²) < 4.78 is 6.12. The van der Waals surface area contributed by atoms with Crippen LogP contribution in [-0.4, -0.2) is 34.6 Å². The maximum Gasteiger partial charge on any atom is 0.305 e. The molecule has 8 heteroatoms. The molecule has 2 rings (SSSR count). The van der Waals surface area contributed by atoms with E-state index >= 15 is 0 Å². The normalized spacial score (nSPS) is 10.8. The van der Waals surface area contributed by atoms with Gasteiger partial charge in [-0.1, -0.05) is 0 Å². The van der Waals surface area contributed by atoms with E-state index in [-0.39, 0.29) is 30.4 Å². The number of amides is 1. The molecule has 0 aromatic carbocycles. The van der Waals surface area contributed by atoms with Crippen LogP contribution in [0.4, 0.5) is 0 Å². The molecule has 2 aromatic rings. The van der Waals surface area contributed by atoms with Crippen molar-refractivity contribution in [1.82, 2.24) is 14.9 Å². The van der Waals surface area contributed by atoms with Crippen molar-refractivity contribution in [3.63, 3.8) is 0 Å². The number of fused-ring (bicyclic) bond motifs is 1. The SMILES string of the molecule is CCOC(=O)CCCNC(=O)Cn1cnc2sc(C)c(C)c2c1=O. The molecule has 0 bridgehead atoms. The second-order valence-electron chi connectivity index (χ2n) is 5.40. The molecule has 0 unspecified atom stereocenters. The van der Waals surface area contributed by atoms with Crippen LogP contribution in [0.1, 0.15) is 30.2 Å². The molecular formula is C16H21N3O4S. The molecular weight excluding hydrogens is 330 g/mol. The molecule has 0 spiro atoms. The molecule has 0 atom stereocenters. The largest absolute Gasteiger partial charge is 0.466 e. The number of nitrogens with zero attached hydrogens (tertiary/aromatic N) is 2. The highest BCUT2D eigenvalue weighted by molar-refractivity contribution is 7.18. The molecule has 0 saturated carbocycles. The standard InChI is InChI=1S/C16H21N3O4S/c1-4-23-13(21)6-5-7-17-12(20)8-19-9-18-15-14(16(19)22)10(2)11(3)24-15/h9H,4-8H2,1-3H3,(H,17,20). The number of rotatable bonds is 7. The number of hydrogen-bond donors (Lipinski definition) is 1. The Morgan fingerprint density at radius 1 is 1.38 bits per heavy atom. The molecule has 2 heterocycles. The summed E-state index contributed by atoms with van der Waals surface area (Å²) in [6.07, 6.45) is 2.16. The van der Waals surface area contributed by atoms with Crippen molar-refractivity contribution < 1.29 is 14.3 Å². The van der Waals surface area contributed by atoms with Crippen molar-refractivity contribution in [2.75, 3.05) is 13.2 Å². The molecule has 0 radical (unpaired) electrons. The van der Waals surface area contributed by atoms with E-state index in [0.29, 0.717) is 29.8 Å². The molecule has 2 aromatic heterocycles. The third-order valence-corrected chi connectivity index (χ3v) is 4.77. The van der Waals surface area contributed by atoms with Gasteiger partial charge in [0.25, 0.3) is 5.56 Å². The average molecular weight is 351 g/mol. The lowest BCUT2D eigenvalue weighted by molar-refractivity contribution is -0.143. The first-order valence-electron chi connectivity index (χ1n) is 7.81. The second kappa shape index (κ2) is 8.05. The molecule has 7 nitrogen and oxygen atoms in total. The van der Waals surface area contributed by atoms with E-state index in [9.17, 15) is 14.4 Å². The van der Waals surface area contributed by atoms with E-state index in [0.717, 1.165) is 10.4 Å². The van der Waals surface area contributed by atoms with E-state index in [1.807, 2.05) is 13.8 Å². The minimum Gasteiger partial charge on any atom is -0.466 e. The monoisotopic (exact) mass is 351 g/mol. The Bertz CT molecular complexity index is 809. The Morgan fingerprint density at radius 2 is 2.12 bits per heavy atom. The zero-order chi connectivity index (χ0) is 17.7. The third-order valence-electron chi connectivity index (χ3n) is 3.65. The Morgan fingerprint density at radius 3 is 2.83 bits per heavy atom. The van der Waals surface area contributed by atoms with Crippen molar-refractivity contribution in [2.45, 2.75) is 40.2 Å². The zero-order valence-corrected chi connectivity index (χ0v) is 14.9. The number of carbonyl (C=O) groups excluding carboxylic acids is 2. The predicted octanol–water partition coefficient (Wildman–Crippen LogP) is 1.53. The number of carbonyl (C=O) groups is 2. The van der Waals surface area contributed by atoms with E-state index in [1.165, 1.54) is 22.2 Å². The van der Waals surface area contributed by atoms with Crippen LogP contribution >= 0.6 is 11.3 Å². The van der Waals surface area contributed by atoms with Gasteiger partial charge in [-0.25, -0.2) is 4.98 Å². The molecule has 0 aliphatic carbocycles. The number of thiophene rings is 1. The number of ether oxygens (including phenoxy) is 1. The Hall–Kier alpha value is -2.22. The molecule has 1 amide bonds. The van der Waals surface area contributed by atoms with E-state index in [4.69, 9.17) is 4.74 Å². The van der Waals surface area contributed by atoms with Gasteiger partial charge in [0.05, 0.1) is 18.3 Å². The molecule has 0 fully saturated rings. The van der Waals surface area contributed by atoms with Gasteiger partial charge in [-0.2, -0.15) is 0 Å². The lowest BCUT2D eigenvalue weighted by atomic mass is 10.2. The van der Waals surface area contributed by atoms with Gasteiger partial charge in [0.2, 0.25) is 5.91 Å². The molecule has 24 heavy (non-hydrogen) atoms. The lowest BCUT2D eigenvalue weighted by Gasteiger charge is -2.07. The highest BCUT2D eigenvalue weighted by Gasteiger charge is 2.13. The van der Waals surface area contributed by atoms with Gasteiger partial charge >= 0.3 is 5.97 Å². The van der Waals surface area contributed by atoms with Crippen LogP contribution in [0, 0.1) is 13.8 Å². The van der Waals surface area contributed by atoms with Crippen LogP contribution in [0.5, 0.6) is 0 Å². The second-order valence-corrected chi connectivity index (χ2v) is 6.60. The van der Waals surface area contributed by atoms with Crippen molar-refractivity contribution in [2.24, 2.45) is 0 Å². The fourth-order valence-electron chi connectivity index (χ4n) is 2.29. The summed E-state index contributed by atoms with van der Waals surface area (Å²) in [5.74, 6) is -0.562. The maximum atomic E-state index is 12.5. The van der Waals surface area contributed by atoms with E-state index in [2.05, 4.69) is 10.3 Å². The lowest BCUT2D eigenvalue weighted by Crippen LogP contribution is -2.33. The van der Waals surface area contributed by atoms with Crippen molar-refractivity contribution in [1.29, 1.82) is 0 Å². The Balaban J connectivity index is 1.94. The summed E-state index contributed by atoms with van der Waals surface area (Å²) in [4.78, 5) is 41.6. The minimum absolute atomic E-state index is 0.0878. The van der Waals surface area contributed by atoms with Crippen LogP contribution in [0.15, 0.2) is 11.1 Å². The van der Waals surface area contributed by atoms with Gasteiger partial charge in [-0.05, 0) is 32.8 Å². The quantitative estimate of drug-likeness (QED) is 0.603. The molecule has 130 valence electrons. The van der Waals surface area contributed by atoms with Gasteiger partial charge in [0.1, 0.15) is 11.4 Å². The fraction of sp³-hybridized carbons (Fsp3) is 0.500. The molecule has 0 aliphatic rings. The molecule has 0 aliphatic heterocycles. The van der Waals surface area contributed by atoms with Gasteiger partial charge in [0.15, 0.2) is 0 Å². The molecule has 0 saturated heterocycles.